The van der Waals surface area contributed by atoms with E-state index in [1.165, 1.54) is 4.68 Å². The minimum atomic E-state index is -0.222. The molecule has 0 unspecified atom stereocenters. The van der Waals surface area contributed by atoms with Gasteiger partial charge in [0.2, 0.25) is 0 Å². The second kappa shape index (κ2) is 5.52. The maximum atomic E-state index is 12.6. The topological polar surface area (TPSA) is 74.5 Å². The van der Waals surface area contributed by atoms with E-state index in [0.29, 0.717) is 22.3 Å². The number of nitrogens with zero attached hydrogens (tertiary/aromatic N) is 3. The number of para-hydroxylation sites is 1. The summed E-state index contributed by atoms with van der Waals surface area (Å²) >= 11 is 0. The highest BCUT2D eigenvalue weighted by Crippen LogP contribution is 2.23. The van der Waals surface area contributed by atoms with E-state index in [2.05, 4.69) is 16.2 Å². The van der Waals surface area contributed by atoms with Gasteiger partial charge in [-0.15, -0.1) is 0 Å². The van der Waals surface area contributed by atoms with Crippen LogP contribution in [0.4, 0.5) is 0 Å². The van der Waals surface area contributed by atoms with Crippen molar-refractivity contribution in [3.05, 3.63) is 82.6 Å². The zero-order valence-electron chi connectivity index (χ0n) is 12.6. The Labute approximate surface area is 137 Å². The first-order valence-corrected chi connectivity index (χ1v) is 7.44. The number of rotatable bonds is 2. The van der Waals surface area contributed by atoms with Gasteiger partial charge < -0.3 is 0 Å². The molecule has 0 aliphatic heterocycles. The molecule has 0 radical (unpaired) electrons. The third-order valence-electron chi connectivity index (χ3n) is 3.86. The van der Waals surface area contributed by atoms with Crippen molar-refractivity contribution >= 4 is 11.0 Å². The predicted octanol–water partition coefficient (Wildman–Crippen LogP) is 3.25. The Bertz CT molecular complexity index is 1120. The fourth-order valence-corrected chi connectivity index (χ4v) is 2.70. The zero-order chi connectivity index (χ0) is 16.5. The average molecular weight is 312 g/mol. The number of fused-ring (bicyclic) bond motifs is 1. The number of aromatic nitrogens is 3. The lowest BCUT2D eigenvalue weighted by atomic mass is 10.1. The predicted molar refractivity (Wildman–Crippen MR) is 91.8 cm³/mol. The van der Waals surface area contributed by atoms with E-state index in [1.54, 1.807) is 6.07 Å². The molecule has 1 N–H and O–H groups in total. The molecule has 2 aromatic heterocycles. The molecule has 2 aromatic carbocycles. The molecule has 5 nitrogen and oxygen atoms in total. The number of H-pyrrole nitrogens is 1. The number of hydrogen-bond acceptors (Lipinski definition) is 3. The first-order valence-electron chi connectivity index (χ1n) is 7.44. The lowest BCUT2D eigenvalue weighted by Crippen LogP contribution is -2.13. The van der Waals surface area contributed by atoms with Crippen molar-refractivity contribution in [2.24, 2.45) is 0 Å². The van der Waals surface area contributed by atoms with Gasteiger partial charge in [-0.05, 0) is 18.2 Å². The van der Waals surface area contributed by atoms with Crippen molar-refractivity contribution in [2.45, 2.75) is 0 Å². The van der Waals surface area contributed by atoms with E-state index >= 15 is 0 Å². The molecule has 0 fully saturated rings. The van der Waals surface area contributed by atoms with E-state index in [1.807, 2.05) is 60.7 Å². The van der Waals surface area contributed by atoms with Crippen LogP contribution in [-0.2, 0) is 0 Å². The second-order valence-electron chi connectivity index (χ2n) is 5.35. The molecule has 0 atom stereocenters. The molecule has 0 saturated heterocycles. The monoisotopic (exact) mass is 312 g/mol. The summed E-state index contributed by atoms with van der Waals surface area (Å²) in [6.45, 7) is 0. The Balaban J connectivity index is 1.99. The van der Waals surface area contributed by atoms with E-state index < -0.39 is 0 Å². The van der Waals surface area contributed by atoms with Gasteiger partial charge in [-0.1, -0.05) is 48.5 Å². The van der Waals surface area contributed by atoms with Crippen LogP contribution in [0.2, 0.25) is 0 Å². The molecule has 0 aliphatic rings. The summed E-state index contributed by atoms with van der Waals surface area (Å²) in [6, 6.07) is 22.5. The normalized spacial score (nSPS) is 10.6. The van der Waals surface area contributed by atoms with Gasteiger partial charge in [-0.2, -0.15) is 5.26 Å². The number of nitrogens with one attached hydrogen (secondary N) is 1. The Hall–Kier alpha value is -3.65. The van der Waals surface area contributed by atoms with E-state index in [-0.39, 0.29) is 5.56 Å². The molecule has 4 rings (SSSR count). The largest absolute Gasteiger partial charge is 0.280 e. The number of hydrogen-bond donors (Lipinski definition) is 1. The van der Waals surface area contributed by atoms with Gasteiger partial charge in [-0.25, -0.2) is 9.67 Å². The summed E-state index contributed by atoms with van der Waals surface area (Å²) in [5, 5.41) is 12.9. The molecule has 0 amide bonds. The van der Waals surface area contributed by atoms with Crippen molar-refractivity contribution < 1.29 is 0 Å². The van der Waals surface area contributed by atoms with Crippen LogP contribution in [0.5, 0.6) is 0 Å². The Morgan fingerprint density at radius 2 is 1.67 bits per heavy atom. The highest BCUT2D eigenvalue weighted by Gasteiger charge is 2.14. The van der Waals surface area contributed by atoms with Crippen LogP contribution in [0.1, 0.15) is 5.56 Å². The lowest BCUT2D eigenvalue weighted by molar-refractivity contribution is 0.859. The highest BCUT2D eigenvalue weighted by molar-refractivity contribution is 5.82. The maximum absolute atomic E-state index is 12.6. The molecule has 0 spiro atoms. The van der Waals surface area contributed by atoms with Crippen LogP contribution >= 0.6 is 0 Å². The Morgan fingerprint density at radius 3 is 2.33 bits per heavy atom. The van der Waals surface area contributed by atoms with Gasteiger partial charge in [0.1, 0.15) is 6.07 Å². The van der Waals surface area contributed by atoms with Gasteiger partial charge in [0, 0.05) is 5.56 Å². The number of pyridine rings is 1. The molecule has 0 bridgehead atoms. The van der Waals surface area contributed by atoms with E-state index in [0.717, 1.165) is 11.3 Å². The lowest BCUT2D eigenvalue weighted by Gasteiger charge is -2.02. The van der Waals surface area contributed by atoms with Gasteiger partial charge >= 0.3 is 0 Å². The summed E-state index contributed by atoms with van der Waals surface area (Å²) < 4.78 is 1.44. The number of aromatic amines is 1. The SMILES string of the molecule is N#Cc1cc2c(=O)n(-c3ccccc3)[nH]c2nc1-c1ccccc1. The van der Waals surface area contributed by atoms with Crippen LogP contribution in [0.25, 0.3) is 28.0 Å². The third kappa shape index (κ3) is 2.18. The van der Waals surface area contributed by atoms with Crippen molar-refractivity contribution in [1.29, 1.82) is 5.26 Å². The minimum absolute atomic E-state index is 0.222. The van der Waals surface area contributed by atoms with Gasteiger partial charge in [0.25, 0.3) is 5.56 Å². The molecular weight excluding hydrogens is 300 g/mol. The molecule has 2 heterocycles. The quantitative estimate of drug-likeness (QED) is 0.617. The molecule has 5 heteroatoms. The molecular formula is C19H12N4O. The van der Waals surface area contributed by atoms with Crippen LogP contribution in [0, 0.1) is 11.3 Å². The van der Waals surface area contributed by atoms with Crippen molar-refractivity contribution in [2.75, 3.05) is 0 Å². The van der Waals surface area contributed by atoms with Crippen molar-refractivity contribution in [1.82, 2.24) is 14.8 Å². The first-order chi connectivity index (χ1) is 11.8. The summed E-state index contributed by atoms with van der Waals surface area (Å²) in [7, 11) is 0. The molecule has 24 heavy (non-hydrogen) atoms. The standard InChI is InChI=1S/C19H12N4O/c20-12-14-11-16-18(21-17(14)13-7-3-1-4-8-13)22-23(19(16)24)15-9-5-2-6-10-15/h1-11H,(H,21,22). The molecule has 114 valence electrons. The summed E-state index contributed by atoms with van der Waals surface area (Å²) in [5.41, 5.74) is 2.74. The first kappa shape index (κ1) is 14.0. The molecule has 4 aromatic rings. The van der Waals surface area contributed by atoms with Crippen LogP contribution in [-0.4, -0.2) is 14.8 Å². The highest BCUT2D eigenvalue weighted by atomic mass is 16.1. The summed E-state index contributed by atoms with van der Waals surface area (Å²) in [5.74, 6) is 0. The average Bonchev–Trinajstić information content (AvgIpc) is 2.98. The number of nitriles is 1. The maximum Gasteiger partial charge on any atom is 0.280 e. The summed E-state index contributed by atoms with van der Waals surface area (Å²) in [6.07, 6.45) is 0. The van der Waals surface area contributed by atoms with Gasteiger partial charge in [0.05, 0.1) is 22.3 Å². The number of benzene rings is 2. The zero-order valence-corrected chi connectivity index (χ0v) is 12.6. The third-order valence-corrected chi connectivity index (χ3v) is 3.86. The van der Waals surface area contributed by atoms with Crippen molar-refractivity contribution in [3.8, 4) is 23.0 Å². The van der Waals surface area contributed by atoms with E-state index in [4.69, 9.17) is 0 Å². The summed E-state index contributed by atoms with van der Waals surface area (Å²) in [4.78, 5) is 17.2. The molecule has 0 saturated carbocycles. The fourth-order valence-electron chi connectivity index (χ4n) is 2.70. The minimum Gasteiger partial charge on any atom is -0.274 e. The smallest absolute Gasteiger partial charge is 0.274 e. The second-order valence-corrected chi connectivity index (χ2v) is 5.35. The molecule has 0 aliphatic carbocycles. The van der Waals surface area contributed by atoms with Gasteiger partial charge in [0.15, 0.2) is 5.65 Å². The Morgan fingerprint density at radius 1 is 1.00 bits per heavy atom. The van der Waals surface area contributed by atoms with Crippen molar-refractivity contribution in [3.63, 3.8) is 0 Å². The fraction of sp³-hybridized carbons (Fsp3) is 0. The van der Waals surface area contributed by atoms with Crippen LogP contribution < -0.4 is 5.56 Å². The van der Waals surface area contributed by atoms with Crippen LogP contribution in [0.15, 0.2) is 71.5 Å². The van der Waals surface area contributed by atoms with Gasteiger partial charge in [-0.3, -0.25) is 9.89 Å². The Kier molecular flexibility index (Phi) is 3.22. The van der Waals surface area contributed by atoms with E-state index in [9.17, 15) is 10.1 Å². The van der Waals surface area contributed by atoms with Crippen LogP contribution in [0.3, 0.4) is 0 Å².